The van der Waals surface area contributed by atoms with Crippen molar-refractivity contribution in [2.45, 2.75) is 27.3 Å². The van der Waals surface area contributed by atoms with Gasteiger partial charge < -0.3 is 10.6 Å². The van der Waals surface area contributed by atoms with Crippen LogP contribution in [-0.2, 0) is 11.3 Å². The Balaban J connectivity index is 2.81. The molecule has 1 aromatic rings. The summed E-state index contributed by atoms with van der Waals surface area (Å²) < 4.78 is 0. The lowest BCUT2D eigenvalue weighted by Crippen LogP contribution is -2.46. The standard InChI is InChI=1S/C12H18N2OS2/c1-4-14(8-9-6-5-7-17-9)11(15)12(2,3)10(13)16/h5-7H,4,8H2,1-3H3,(H2,13,16). The molecular weight excluding hydrogens is 252 g/mol. The van der Waals surface area contributed by atoms with E-state index in [9.17, 15) is 4.79 Å². The number of hydrogen-bond donors (Lipinski definition) is 1. The smallest absolute Gasteiger partial charge is 0.235 e. The Kier molecular flexibility index (Phi) is 4.65. The van der Waals surface area contributed by atoms with Crippen LogP contribution in [0.4, 0.5) is 0 Å². The molecule has 3 nitrogen and oxygen atoms in total. The monoisotopic (exact) mass is 270 g/mol. The van der Waals surface area contributed by atoms with Crippen molar-refractivity contribution in [3.8, 4) is 0 Å². The molecule has 1 aromatic heterocycles. The van der Waals surface area contributed by atoms with Gasteiger partial charge in [-0.05, 0) is 32.2 Å². The van der Waals surface area contributed by atoms with Gasteiger partial charge in [0.1, 0.15) is 0 Å². The van der Waals surface area contributed by atoms with E-state index in [-0.39, 0.29) is 10.9 Å². The minimum absolute atomic E-state index is 0.0131. The van der Waals surface area contributed by atoms with Gasteiger partial charge in [-0.2, -0.15) is 0 Å². The van der Waals surface area contributed by atoms with Crippen molar-refractivity contribution < 1.29 is 4.79 Å². The summed E-state index contributed by atoms with van der Waals surface area (Å²) in [6, 6.07) is 4.01. The summed E-state index contributed by atoms with van der Waals surface area (Å²) in [7, 11) is 0. The van der Waals surface area contributed by atoms with Crippen molar-refractivity contribution in [1.29, 1.82) is 0 Å². The van der Waals surface area contributed by atoms with Crippen LogP contribution in [0.25, 0.3) is 0 Å². The minimum Gasteiger partial charge on any atom is -0.392 e. The number of thiocarbonyl (C=S) groups is 1. The van der Waals surface area contributed by atoms with Crippen LogP contribution < -0.4 is 5.73 Å². The number of hydrogen-bond acceptors (Lipinski definition) is 3. The summed E-state index contributed by atoms with van der Waals surface area (Å²) in [6.45, 7) is 6.78. The third kappa shape index (κ3) is 3.26. The molecule has 0 atom stereocenters. The Morgan fingerprint density at radius 3 is 2.65 bits per heavy atom. The summed E-state index contributed by atoms with van der Waals surface area (Å²) in [4.78, 5) is 15.5. The summed E-state index contributed by atoms with van der Waals surface area (Å²) in [5.41, 5.74) is 4.85. The maximum Gasteiger partial charge on any atom is 0.235 e. The highest BCUT2D eigenvalue weighted by Gasteiger charge is 2.34. The molecule has 0 fully saturated rings. The third-order valence-electron chi connectivity index (χ3n) is 2.75. The van der Waals surface area contributed by atoms with E-state index in [0.29, 0.717) is 13.1 Å². The molecule has 94 valence electrons. The number of carbonyl (C=O) groups is 1. The zero-order chi connectivity index (χ0) is 13.1. The van der Waals surface area contributed by atoms with E-state index in [0.717, 1.165) is 0 Å². The van der Waals surface area contributed by atoms with Gasteiger partial charge in [0.05, 0.1) is 16.9 Å². The Morgan fingerprint density at radius 2 is 2.24 bits per heavy atom. The van der Waals surface area contributed by atoms with Crippen molar-refractivity contribution in [3.05, 3.63) is 22.4 Å². The minimum atomic E-state index is -0.775. The van der Waals surface area contributed by atoms with Gasteiger partial charge >= 0.3 is 0 Å². The van der Waals surface area contributed by atoms with Gasteiger partial charge in [0, 0.05) is 11.4 Å². The lowest BCUT2D eigenvalue weighted by atomic mass is 9.91. The molecule has 5 heteroatoms. The van der Waals surface area contributed by atoms with E-state index in [1.54, 1.807) is 30.1 Å². The van der Waals surface area contributed by atoms with Crippen LogP contribution in [0.15, 0.2) is 17.5 Å². The Morgan fingerprint density at radius 1 is 1.59 bits per heavy atom. The molecule has 1 rings (SSSR count). The van der Waals surface area contributed by atoms with Crippen molar-refractivity contribution >= 4 is 34.5 Å². The maximum absolute atomic E-state index is 12.3. The van der Waals surface area contributed by atoms with Crippen LogP contribution in [0, 0.1) is 5.41 Å². The lowest BCUT2D eigenvalue weighted by Gasteiger charge is -2.30. The fourth-order valence-electron chi connectivity index (χ4n) is 1.42. The van der Waals surface area contributed by atoms with Crippen LogP contribution in [-0.4, -0.2) is 22.3 Å². The molecule has 17 heavy (non-hydrogen) atoms. The first-order valence-electron chi connectivity index (χ1n) is 5.51. The number of nitrogens with two attached hydrogens (primary N) is 1. The molecule has 0 aliphatic heterocycles. The average molecular weight is 270 g/mol. The highest BCUT2D eigenvalue weighted by atomic mass is 32.1. The van der Waals surface area contributed by atoms with Gasteiger partial charge in [-0.15, -0.1) is 11.3 Å². The number of rotatable bonds is 5. The maximum atomic E-state index is 12.3. The van der Waals surface area contributed by atoms with Gasteiger partial charge in [-0.1, -0.05) is 18.3 Å². The largest absolute Gasteiger partial charge is 0.392 e. The van der Waals surface area contributed by atoms with Crippen molar-refractivity contribution in [3.63, 3.8) is 0 Å². The fourth-order valence-corrected chi connectivity index (χ4v) is 2.23. The topological polar surface area (TPSA) is 46.3 Å². The van der Waals surface area contributed by atoms with Gasteiger partial charge in [-0.3, -0.25) is 4.79 Å². The molecule has 2 N–H and O–H groups in total. The molecule has 0 saturated heterocycles. The normalized spacial score (nSPS) is 11.2. The van der Waals surface area contributed by atoms with E-state index in [1.807, 2.05) is 24.4 Å². The zero-order valence-electron chi connectivity index (χ0n) is 10.4. The van der Waals surface area contributed by atoms with E-state index >= 15 is 0 Å². The summed E-state index contributed by atoms with van der Waals surface area (Å²) in [5.74, 6) is -0.0131. The van der Waals surface area contributed by atoms with Gasteiger partial charge in [0.25, 0.3) is 0 Å². The molecule has 0 spiro atoms. The van der Waals surface area contributed by atoms with Gasteiger partial charge in [0.15, 0.2) is 0 Å². The van der Waals surface area contributed by atoms with E-state index in [4.69, 9.17) is 18.0 Å². The van der Waals surface area contributed by atoms with Crippen molar-refractivity contribution in [2.24, 2.45) is 11.1 Å². The second-order valence-corrected chi connectivity index (χ2v) is 5.86. The predicted molar refractivity (Wildman–Crippen MR) is 76.0 cm³/mol. The molecule has 1 amide bonds. The molecule has 0 saturated carbocycles. The zero-order valence-corrected chi connectivity index (χ0v) is 12.0. The van der Waals surface area contributed by atoms with E-state index in [1.165, 1.54) is 4.88 Å². The Labute approximate surface area is 112 Å². The molecule has 0 aromatic carbocycles. The first kappa shape index (κ1) is 14.1. The number of amides is 1. The molecule has 0 aliphatic rings. The molecule has 0 bridgehead atoms. The first-order valence-corrected chi connectivity index (χ1v) is 6.80. The SMILES string of the molecule is CCN(Cc1cccs1)C(=O)C(C)(C)C(N)=S. The summed E-state index contributed by atoms with van der Waals surface area (Å²) in [5, 5.41) is 2.01. The Hall–Kier alpha value is -0.940. The molecule has 0 aliphatic carbocycles. The third-order valence-corrected chi connectivity index (χ3v) is 4.12. The van der Waals surface area contributed by atoms with Crippen LogP contribution in [0.2, 0.25) is 0 Å². The van der Waals surface area contributed by atoms with Crippen molar-refractivity contribution in [1.82, 2.24) is 4.90 Å². The quantitative estimate of drug-likeness (QED) is 0.836. The summed E-state index contributed by atoms with van der Waals surface area (Å²) >= 11 is 6.60. The van der Waals surface area contributed by atoms with Crippen LogP contribution in [0.3, 0.4) is 0 Å². The molecule has 0 unspecified atom stereocenters. The van der Waals surface area contributed by atoms with Gasteiger partial charge in [0.2, 0.25) is 5.91 Å². The van der Waals surface area contributed by atoms with Crippen LogP contribution in [0.1, 0.15) is 25.6 Å². The highest BCUT2D eigenvalue weighted by molar-refractivity contribution is 7.80. The Bertz CT molecular complexity index is 399. The van der Waals surface area contributed by atoms with Crippen LogP contribution in [0.5, 0.6) is 0 Å². The fraction of sp³-hybridized carbons (Fsp3) is 0.500. The predicted octanol–water partition coefficient (Wildman–Crippen LogP) is 2.41. The second-order valence-electron chi connectivity index (χ2n) is 4.39. The molecular formula is C12H18N2OS2. The molecule has 1 heterocycles. The number of thiophene rings is 1. The average Bonchev–Trinajstić information content (AvgIpc) is 2.77. The van der Waals surface area contributed by atoms with Gasteiger partial charge in [-0.25, -0.2) is 0 Å². The summed E-state index contributed by atoms with van der Waals surface area (Å²) in [6.07, 6.45) is 0. The first-order chi connectivity index (χ1) is 7.89. The highest BCUT2D eigenvalue weighted by Crippen LogP contribution is 2.21. The van der Waals surface area contributed by atoms with Crippen LogP contribution >= 0.6 is 23.6 Å². The molecule has 0 radical (unpaired) electrons. The number of carbonyl (C=O) groups excluding carboxylic acids is 1. The second kappa shape index (κ2) is 5.60. The van der Waals surface area contributed by atoms with Crippen molar-refractivity contribution in [2.75, 3.05) is 6.54 Å². The lowest BCUT2D eigenvalue weighted by molar-refractivity contribution is -0.137. The number of nitrogens with zero attached hydrogens (tertiary/aromatic N) is 1. The van der Waals surface area contributed by atoms with E-state index < -0.39 is 5.41 Å². The van der Waals surface area contributed by atoms with E-state index in [2.05, 4.69) is 0 Å².